The SMILES string of the molecule is Cc1ncsc1-c1ccc(CNC(=O)[C@@H]2C[C@@H](O)CN2C(=O)[C@@H](NC(=O)C2(F)CC2)C(C)(C)C)c(OCCCCCc2ccc(CO[C@H](C)[C@H](CCC(N)=O)NC(=O)[C@@H]3Cc4cccc5c4N3C(=O)[C@@H](NC(=O)OCC3c4ccccc4-c4ccccc43)CC5)cc2)c1. The second kappa shape index (κ2) is 28.4. The van der Waals surface area contributed by atoms with Gasteiger partial charge in [-0.2, -0.15) is 0 Å². The van der Waals surface area contributed by atoms with E-state index >= 15 is 0 Å². The van der Waals surface area contributed by atoms with Crippen LogP contribution in [0.1, 0.15) is 136 Å². The van der Waals surface area contributed by atoms with Crippen molar-refractivity contribution in [2.75, 3.05) is 24.7 Å². The van der Waals surface area contributed by atoms with Gasteiger partial charge in [0.2, 0.25) is 29.5 Å². The number of rotatable bonds is 26. The van der Waals surface area contributed by atoms with Crippen LogP contribution in [0.3, 0.4) is 0 Å². The summed E-state index contributed by atoms with van der Waals surface area (Å²) in [5.41, 5.74) is 16.0. The van der Waals surface area contributed by atoms with Crippen molar-refractivity contribution in [1.29, 1.82) is 0 Å². The molecule has 2 aliphatic carbocycles. The minimum absolute atomic E-state index is 0.00203. The van der Waals surface area contributed by atoms with Gasteiger partial charge in [-0.1, -0.05) is 124 Å². The Bertz CT molecular complexity index is 3730. The summed E-state index contributed by atoms with van der Waals surface area (Å²) in [4.78, 5) is 104. The van der Waals surface area contributed by atoms with Gasteiger partial charge in [-0.3, -0.25) is 33.7 Å². The number of β-amino-alcohol motifs (C(OH)–C–C–N with tert-alkyl or cyclic N) is 1. The van der Waals surface area contributed by atoms with Gasteiger partial charge < -0.3 is 51.2 Å². The summed E-state index contributed by atoms with van der Waals surface area (Å²) in [7, 11) is 0. The molecule has 93 heavy (non-hydrogen) atoms. The number of nitrogens with one attached hydrogen (secondary N) is 4. The minimum Gasteiger partial charge on any atom is -0.493 e. The molecule has 6 aromatic rings. The molecule has 2 fully saturated rings. The summed E-state index contributed by atoms with van der Waals surface area (Å²) in [6.07, 6.45) is 2.57. The fourth-order valence-corrected chi connectivity index (χ4v) is 14.1. The minimum atomic E-state index is -1.99. The van der Waals surface area contributed by atoms with E-state index in [4.69, 9.17) is 19.9 Å². The molecule has 3 aliphatic heterocycles. The second-order valence-corrected chi connectivity index (χ2v) is 27.3. The lowest BCUT2D eigenvalue weighted by Gasteiger charge is -2.35. The Labute approximate surface area is 545 Å². The molecule has 0 radical (unpaired) electrons. The maximum absolute atomic E-state index is 14.7. The number of ether oxygens (including phenoxy) is 3. The number of halogens is 1. The number of nitrogens with two attached hydrogens (primary N) is 1. The molecule has 490 valence electrons. The number of fused-ring (bicyclic) bond motifs is 3. The van der Waals surface area contributed by atoms with Crippen molar-refractivity contribution in [2.24, 2.45) is 11.1 Å². The van der Waals surface area contributed by atoms with Crippen molar-refractivity contribution >= 4 is 58.6 Å². The number of aliphatic hydroxyl groups is 1. The fraction of sp³-hybridized carbons (Fsp3) is 0.444. The van der Waals surface area contributed by atoms with Crippen LogP contribution in [0.5, 0.6) is 5.75 Å². The molecule has 5 aliphatic rings. The molecule has 1 saturated carbocycles. The quantitative estimate of drug-likeness (QED) is 0.0278. The molecule has 0 bridgehead atoms. The van der Waals surface area contributed by atoms with E-state index in [-0.39, 0.29) is 70.7 Å². The zero-order chi connectivity index (χ0) is 65.7. The highest BCUT2D eigenvalue weighted by molar-refractivity contribution is 7.13. The molecule has 5 aromatic carbocycles. The molecular weight excluding hydrogens is 1200 g/mol. The van der Waals surface area contributed by atoms with Gasteiger partial charge in [0.05, 0.1) is 53.2 Å². The smallest absolute Gasteiger partial charge is 0.407 e. The Kier molecular flexibility index (Phi) is 20.1. The predicted molar refractivity (Wildman–Crippen MR) is 351 cm³/mol. The summed E-state index contributed by atoms with van der Waals surface area (Å²) in [6.45, 7) is 9.76. The highest BCUT2D eigenvalue weighted by Gasteiger charge is 2.54. The van der Waals surface area contributed by atoms with Gasteiger partial charge in [0.25, 0.3) is 5.91 Å². The topological polar surface area (TPSA) is 261 Å². The van der Waals surface area contributed by atoms with Gasteiger partial charge in [0.1, 0.15) is 36.5 Å². The molecular formula is C72H83FN8O11S. The van der Waals surface area contributed by atoms with E-state index in [1.165, 1.54) is 21.1 Å². The largest absolute Gasteiger partial charge is 0.493 e. The summed E-state index contributed by atoms with van der Waals surface area (Å²) in [6, 6.07) is 31.3. The number of likely N-dealkylation sites (tertiary alicyclic amines) is 1. The molecule has 0 unspecified atom stereocenters. The normalized spacial score (nSPS) is 19.5. The third-order valence-electron chi connectivity index (χ3n) is 18.7. The second-order valence-electron chi connectivity index (χ2n) is 26.5. The number of aromatic nitrogens is 1. The van der Waals surface area contributed by atoms with Gasteiger partial charge in [-0.15, -0.1) is 11.3 Å². The fourth-order valence-electron chi connectivity index (χ4n) is 13.3. The number of benzene rings is 5. The number of alkyl carbamates (subject to hydrolysis) is 1. The van der Waals surface area contributed by atoms with Crippen LogP contribution >= 0.6 is 11.3 Å². The molecule has 1 aromatic heterocycles. The molecule has 7 N–H and O–H groups in total. The Morgan fingerprint density at radius 1 is 0.860 bits per heavy atom. The first-order chi connectivity index (χ1) is 44.6. The van der Waals surface area contributed by atoms with Crippen molar-refractivity contribution in [3.63, 3.8) is 0 Å². The van der Waals surface area contributed by atoms with Gasteiger partial charge in [0, 0.05) is 43.8 Å². The van der Waals surface area contributed by atoms with E-state index < -0.39 is 95.0 Å². The van der Waals surface area contributed by atoms with Crippen molar-refractivity contribution in [3.8, 4) is 27.3 Å². The Hall–Kier alpha value is -8.53. The van der Waals surface area contributed by atoms with Crippen LogP contribution in [0.4, 0.5) is 14.9 Å². The first-order valence-electron chi connectivity index (χ1n) is 32.4. The maximum Gasteiger partial charge on any atom is 0.407 e. The van der Waals surface area contributed by atoms with Crippen molar-refractivity contribution in [2.45, 2.75) is 179 Å². The zero-order valence-electron chi connectivity index (χ0n) is 53.3. The number of amides is 7. The van der Waals surface area contributed by atoms with Crippen LogP contribution in [0.2, 0.25) is 0 Å². The zero-order valence-corrected chi connectivity index (χ0v) is 54.2. The van der Waals surface area contributed by atoms with Crippen LogP contribution in [-0.2, 0) is 70.7 Å². The van der Waals surface area contributed by atoms with E-state index in [0.717, 1.165) is 91.9 Å². The average molecular weight is 1290 g/mol. The van der Waals surface area contributed by atoms with E-state index in [1.54, 1.807) is 26.3 Å². The highest BCUT2D eigenvalue weighted by Crippen LogP contribution is 2.45. The summed E-state index contributed by atoms with van der Waals surface area (Å²) < 4.78 is 33.5. The average Bonchev–Trinajstić information content (AvgIpc) is 1.62. The number of para-hydroxylation sites is 1. The van der Waals surface area contributed by atoms with E-state index in [1.807, 2.05) is 98.8 Å². The van der Waals surface area contributed by atoms with Gasteiger partial charge in [-0.25, -0.2) is 14.2 Å². The number of alkyl halides is 1. The van der Waals surface area contributed by atoms with Crippen LogP contribution in [0.15, 0.2) is 115 Å². The van der Waals surface area contributed by atoms with Crippen molar-refractivity contribution in [3.05, 3.63) is 159 Å². The first kappa shape index (κ1) is 65.9. The predicted octanol–water partition coefficient (Wildman–Crippen LogP) is 8.99. The number of hydrogen-bond acceptors (Lipinski definition) is 13. The Balaban J connectivity index is 0.655. The number of unbranched alkanes of at least 4 members (excludes halogenated alkanes) is 2. The molecule has 0 spiro atoms. The number of hydrogen-bond donors (Lipinski definition) is 6. The lowest BCUT2D eigenvalue weighted by molar-refractivity contribution is -0.145. The van der Waals surface area contributed by atoms with Gasteiger partial charge in [0.15, 0.2) is 5.67 Å². The molecule has 21 heteroatoms. The van der Waals surface area contributed by atoms with E-state index in [9.17, 15) is 43.1 Å². The molecule has 7 atom stereocenters. The number of anilines is 1. The monoisotopic (exact) mass is 1290 g/mol. The third kappa shape index (κ3) is 15.1. The van der Waals surface area contributed by atoms with Crippen LogP contribution in [-0.4, -0.2) is 124 Å². The van der Waals surface area contributed by atoms with Crippen LogP contribution in [0, 0.1) is 12.3 Å². The number of carbonyl (C=O) groups is 7. The lowest BCUT2D eigenvalue weighted by Crippen LogP contribution is -2.59. The number of thiazole rings is 1. The summed E-state index contributed by atoms with van der Waals surface area (Å²) >= 11 is 1.52. The lowest BCUT2D eigenvalue weighted by atomic mass is 9.85. The number of primary amides is 1. The standard InChI is InChI=1S/C72H83FN8O11S/c1-42-63(93-41-76-42)48-25-26-49(37-75-65(84)58-36-50(82)38-80(58)68(87)64(71(3,4)5)79-69(88)72(73)31-32-72)60(35-48)90-33-12-6-7-14-44-21-23-45(24-22-44)39-91-43(2)56(29-30-61(74)83)77-66(85)59-34-47-16-13-15-46-27-28-57(67(86)81(59)62(46)47)78-70(89)92-40-55-53-19-10-8-17-51(53)52-18-9-11-20-54(52)55/h8-11,13,15-26,35,41,43,50,55-59,64,82H,6-7,12,14,27-34,36-40H2,1-5H3,(H2,74,83)(H,75,84)(H,77,85)(H,78,89)(H,79,88)/t43-,50-,56+,57+,58+,59+,64-/m1/s1. The van der Waals surface area contributed by atoms with E-state index in [2.05, 4.69) is 50.5 Å². The molecule has 4 heterocycles. The highest BCUT2D eigenvalue weighted by atomic mass is 32.1. The number of carbonyl (C=O) groups excluding carboxylic acids is 7. The Morgan fingerprint density at radius 3 is 2.26 bits per heavy atom. The van der Waals surface area contributed by atoms with Crippen molar-refractivity contribution in [1.82, 2.24) is 31.2 Å². The van der Waals surface area contributed by atoms with Crippen molar-refractivity contribution < 1.29 is 57.3 Å². The third-order valence-corrected chi connectivity index (χ3v) is 19.7. The molecule has 11 rings (SSSR count). The molecule has 1 saturated heterocycles. The van der Waals surface area contributed by atoms with Gasteiger partial charge in [-0.05, 0) is 133 Å². The summed E-state index contributed by atoms with van der Waals surface area (Å²) in [5, 5.41) is 22.3. The van der Waals surface area contributed by atoms with E-state index in [0.29, 0.717) is 30.9 Å². The van der Waals surface area contributed by atoms with Crippen LogP contribution < -0.4 is 36.6 Å². The number of aryl methyl sites for hydroxylation is 3. The molecule has 7 amide bonds. The maximum atomic E-state index is 14.7. The van der Waals surface area contributed by atoms with Gasteiger partial charge >= 0.3 is 6.09 Å². The molecule has 19 nitrogen and oxygen atoms in total. The number of nitrogens with zero attached hydrogens (tertiary/aromatic N) is 3. The first-order valence-corrected chi connectivity index (χ1v) is 33.3. The van der Waals surface area contributed by atoms with Crippen LogP contribution in [0.25, 0.3) is 21.6 Å². The Morgan fingerprint density at radius 2 is 1.57 bits per heavy atom. The number of aliphatic hydroxyl groups excluding tert-OH is 1. The summed E-state index contributed by atoms with van der Waals surface area (Å²) in [5.74, 6) is -2.78.